The molecule has 0 fully saturated rings. The summed E-state index contributed by atoms with van der Waals surface area (Å²) in [7, 11) is 0. The van der Waals surface area contributed by atoms with Gasteiger partial charge in [0.2, 0.25) is 0 Å². The van der Waals surface area contributed by atoms with Gasteiger partial charge in [0.15, 0.2) is 0 Å². The average molecular weight is 148 g/mol. The van der Waals surface area contributed by atoms with Crippen LogP contribution < -0.4 is 0 Å². The summed E-state index contributed by atoms with van der Waals surface area (Å²) in [6, 6.07) is 0. The summed E-state index contributed by atoms with van der Waals surface area (Å²) in [5.41, 5.74) is 2.45. The molecule has 0 heterocycles. The lowest BCUT2D eigenvalue weighted by molar-refractivity contribution is 0.230. The van der Waals surface area contributed by atoms with Crippen LogP contribution in [0, 0.1) is 10.8 Å². The fraction of sp³-hybridized carbons (Fsp3) is 0.636. The Hall–Kier alpha value is -0.520. The predicted octanol–water partition coefficient (Wildman–Crippen LogP) is 3.31. The van der Waals surface area contributed by atoms with Gasteiger partial charge in [-0.2, -0.15) is 0 Å². The first-order valence-corrected chi connectivity index (χ1v) is 4.42. The third-order valence-electron chi connectivity index (χ3n) is 3.54. The van der Waals surface area contributed by atoms with Crippen molar-refractivity contribution >= 4 is 0 Å². The Morgan fingerprint density at radius 1 is 1.27 bits per heavy atom. The molecule has 0 nitrogen and oxygen atoms in total. The van der Waals surface area contributed by atoms with Crippen molar-refractivity contribution in [1.82, 2.24) is 0 Å². The minimum absolute atomic E-state index is 0.442. The van der Waals surface area contributed by atoms with E-state index in [0.717, 1.165) is 0 Å². The molecule has 11 heavy (non-hydrogen) atoms. The van der Waals surface area contributed by atoms with Crippen LogP contribution in [0.25, 0.3) is 0 Å². The highest BCUT2D eigenvalue weighted by Gasteiger charge is 2.47. The molecule has 2 rings (SSSR count). The van der Waals surface area contributed by atoms with Crippen LogP contribution in [0.1, 0.15) is 33.6 Å². The van der Waals surface area contributed by atoms with Gasteiger partial charge in [0.05, 0.1) is 0 Å². The first kappa shape index (κ1) is 7.15. The first-order chi connectivity index (χ1) is 5.06. The van der Waals surface area contributed by atoms with Crippen LogP contribution in [0.3, 0.4) is 0 Å². The Morgan fingerprint density at radius 3 is 2.64 bits per heavy atom. The van der Waals surface area contributed by atoms with Crippen LogP contribution in [0.15, 0.2) is 23.8 Å². The summed E-state index contributed by atoms with van der Waals surface area (Å²) in [6.07, 6.45) is 9.71. The fourth-order valence-corrected chi connectivity index (χ4v) is 2.65. The molecule has 2 atom stereocenters. The summed E-state index contributed by atoms with van der Waals surface area (Å²) in [5, 5.41) is 0. The summed E-state index contributed by atoms with van der Waals surface area (Å²) in [4.78, 5) is 0. The molecule has 0 bridgehead atoms. The predicted molar refractivity (Wildman–Crippen MR) is 48.3 cm³/mol. The lowest BCUT2D eigenvalue weighted by Gasteiger charge is -2.33. The number of hydrogen-bond donors (Lipinski definition) is 0. The fourth-order valence-electron chi connectivity index (χ4n) is 2.65. The summed E-state index contributed by atoms with van der Waals surface area (Å²) in [5.74, 6) is 0. The van der Waals surface area contributed by atoms with E-state index in [1.165, 1.54) is 12.8 Å². The standard InChI is InChI=1S/C11H16/c1-9-7-10(2)5-4-6-11(10,3)8-9/h4-5,8H,6-7H2,1-3H3/t10-,11+/m0/s1. The molecule has 0 heteroatoms. The second kappa shape index (κ2) is 1.80. The van der Waals surface area contributed by atoms with Crippen LogP contribution in [-0.2, 0) is 0 Å². The Kier molecular flexibility index (Phi) is 1.17. The number of allylic oxidation sites excluding steroid dienone is 4. The van der Waals surface area contributed by atoms with Crippen LogP contribution in [-0.4, -0.2) is 0 Å². The van der Waals surface area contributed by atoms with Crippen molar-refractivity contribution in [1.29, 1.82) is 0 Å². The van der Waals surface area contributed by atoms with Crippen molar-refractivity contribution in [2.24, 2.45) is 10.8 Å². The largest absolute Gasteiger partial charge is 0.0871 e. The SMILES string of the molecule is CC1=C[C@@]2(C)CC=C[C@@]2(C)C1. The van der Waals surface area contributed by atoms with Crippen molar-refractivity contribution in [2.75, 3.05) is 0 Å². The maximum Gasteiger partial charge on any atom is -0.00182 e. The van der Waals surface area contributed by atoms with Crippen molar-refractivity contribution in [3.05, 3.63) is 23.8 Å². The molecule has 0 spiro atoms. The first-order valence-electron chi connectivity index (χ1n) is 4.42. The van der Waals surface area contributed by atoms with Crippen molar-refractivity contribution in [2.45, 2.75) is 33.6 Å². The Balaban J connectivity index is 2.42. The molecule has 0 saturated carbocycles. The number of rotatable bonds is 0. The molecule has 0 unspecified atom stereocenters. The monoisotopic (exact) mass is 148 g/mol. The van der Waals surface area contributed by atoms with Gasteiger partial charge in [0, 0.05) is 0 Å². The Labute approximate surface area is 69.0 Å². The Bertz CT molecular complexity index is 247. The maximum atomic E-state index is 2.47. The van der Waals surface area contributed by atoms with E-state index in [1.54, 1.807) is 5.57 Å². The van der Waals surface area contributed by atoms with Gasteiger partial charge in [-0.3, -0.25) is 0 Å². The molecule has 0 amide bonds. The van der Waals surface area contributed by atoms with Crippen LogP contribution in [0.5, 0.6) is 0 Å². The van der Waals surface area contributed by atoms with Gasteiger partial charge in [-0.15, -0.1) is 0 Å². The molecular weight excluding hydrogens is 132 g/mol. The van der Waals surface area contributed by atoms with Gasteiger partial charge in [-0.1, -0.05) is 37.6 Å². The van der Waals surface area contributed by atoms with Gasteiger partial charge >= 0.3 is 0 Å². The summed E-state index contributed by atoms with van der Waals surface area (Å²) >= 11 is 0. The highest BCUT2D eigenvalue weighted by molar-refractivity contribution is 5.31. The average Bonchev–Trinajstić information content (AvgIpc) is 2.16. The molecule has 2 aliphatic carbocycles. The highest BCUT2D eigenvalue weighted by Crippen LogP contribution is 2.57. The van der Waals surface area contributed by atoms with E-state index in [4.69, 9.17) is 0 Å². The van der Waals surface area contributed by atoms with Gasteiger partial charge in [0.1, 0.15) is 0 Å². The third kappa shape index (κ3) is 0.756. The molecule has 0 N–H and O–H groups in total. The van der Waals surface area contributed by atoms with Gasteiger partial charge in [-0.05, 0) is 30.6 Å². The van der Waals surface area contributed by atoms with E-state index in [0.29, 0.717) is 10.8 Å². The number of fused-ring (bicyclic) bond motifs is 1. The van der Waals surface area contributed by atoms with E-state index >= 15 is 0 Å². The molecule has 0 saturated heterocycles. The van der Waals surface area contributed by atoms with Crippen molar-refractivity contribution in [3.63, 3.8) is 0 Å². The van der Waals surface area contributed by atoms with E-state index in [1.807, 2.05) is 0 Å². The molecule has 2 aliphatic rings. The zero-order valence-electron chi connectivity index (χ0n) is 7.65. The van der Waals surface area contributed by atoms with Crippen LogP contribution in [0.4, 0.5) is 0 Å². The quantitative estimate of drug-likeness (QED) is 0.462. The summed E-state index contributed by atoms with van der Waals surface area (Å²) in [6.45, 7) is 7.01. The minimum Gasteiger partial charge on any atom is -0.0871 e. The minimum atomic E-state index is 0.442. The van der Waals surface area contributed by atoms with E-state index in [2.05, 4.69) is 39.0 Å². The van der Waals surface area contributed by atoms with Gasteiger partial charge < -0.3 is 0 Å². The molecule has 0 radical (unpaired) electrons. The zero-order chi connectivity index (χ0) is 8.11. The molecular formula is C11H16. The second-order valence-electron chi connectivity index (χ2n) is 4.61. The van der Waals surface area contributed by atoms with Crippen LogP contribution >= 0.6 is 0 Å². The molecule has 0 aromatic carbocycles. The number of hydrogen-bond acceptors (Lipinski definition) is 0. The molecule has 0 aromatic heterocycles. The highest BCUT2D eigenvalue weighted by atomic mass is 14.5. The van der Waals surface area contributed by atoms with Gasteiger partial charge in [0.25, 0.3) is 0 Å². The topological polar surface area (TPSA) is 0 Å². The molecule has 0 aromatic rings. The molecule has 0 aliphatic heterocycles. The van der Waals surface area contributed by atoms with Crippen molar-refractivity contribution in [3.8, 4) is 0 Å². The Morgan fingerprint density at radius 2 is 2.00 bits per heavy atom. The van der Waals surface area contributed by atoms with Crippen LogP contribution in [0.2, 0.25) is 0 Å². The van der Waals surface area contributed by atoms with E-state index in [9.17, 15) is 0 Å². The second-order valence-corrected chi connectivity index (χ2v) is 4.61. The zero-order valence-corrected chi connectivity index (χ0v) is 7.65. The van der Waals surface area contributed by atoms with Crippen molar-refractivity contribution < 1.29 is 0 Å². The van der Waals surface area contributed by atoms with E-state index in [-0.39, 0.29) is 0 Å². The molecule has 60 valence electrons. The normalized spacial score (nSPS) is 47.7. The lowest BCUT2D eigenvalue weighted by atomic mass is 9.70. The summed E-state index contributed by atoms with van der Waals surface area (Å²) < 4.78 is 0. The maximum absolute atomic E-state index is 2.47. The lowest BCUT2D eigenvalue weighted by Crippen LogP contribution is -2.26. The smallest absolute Gasteiger partial charge is 0.00182 e. The van der Waals surface area contributed by atoms with Gasteiger partial charge in [-0.25, -0.2) is 0 Å². The third-order valence-corrected chi connectivity index (χ3v) is 3.54. The van der Waals surface area contributed by atoms with E-state index < -0.39 is 0 Å².